The number of rotatable bonds is 0. The molecule has 0 radical (unpaired) electrons. The Bertz CT molecular complexity index is 153. The van der Waals surface area contributed by atoms with E-state index in [1.807, 2.05) is 0 Å². The van der Waals surface area contributed by atoms with Crippen molar-refractivity contribution >= 4 is 0 Å². The van der Waals surface area contributed by atoms with Crippen LogP contribution in [-0.4, -0.2) is 12.2 Å². The van der Waals surface area contributed by atoms with Crippen molar-refractivity contribution in [2.24, 2.45) is 11.8 Å². The number of hydrogen-bond acceptors (Lipinski definition) is 1. The van der Waals surface area contributed by atoms with Crippen LogP contribution in [0.1, 0.15) is 0 Å². The van der Waals surface area contributed by atoms with Crippen molar-refractivity contribution in [3.63, 3.8) is 0 Å². The van der Waals surface area contributed by atoms with Crippen LogP contribution in [0.4, 0.5) is 0 Å². The van der Waals surface area contributed by atoms with Gasteiger partial charge in [-0.05, 0) is 0 Å². The molecule has 3 aliphatic rings. The molecule has 36 valence electrons. The molecular weight excluding hydrogens is 88.1 g/mol. The summed E-state index contributed by atoms with van der Waals surface area (Å²) >= 11 is 0. The van der Waals surface area contributed by atoms with E-state index in [0.29, 0.717) is 5.60 Å². The predicted octanol–water partition coefficient (Wildman–Crippen LogP) is 0.571. The monoisotopic (exact) mass is 94.0 g/mol. The van der Waals surface area contributed by atoms with Crippen LogP contribution < -0.4 is 0 Å². The lowest BCUT2D eigenvalue weighted by molar-refractivity contribution is 0.364. The van der Waals surface area contributed by atoms with Gasteiger partial charge in [-0.15, -0.1) is 0 Å². The molecule has 0 aromatic rings. The molecule has 1 heteroatoms. The van der Waals surface area contributed by atoms with E-state index in [1.165, 1.54) is 5.57 Å². The third-order valence-corrected chi connectivity index (χ3v) is 2.44. The van der Waals surface area contributed by atoms with Crippen molar-refractivity contribution in [3.8, 4) is 0 Å². The first-order chi connectivity index (χ1) is 3.36. The van der Waals surface area contributed by atoms with Gasteiger partial charge in [0.05, 0.1) is 6.61 Å². The minimum Gasteiger partial charge on any atom is -0.368 e. The van der Waals surface area contributed by atoms with E-state index in [1.54, 1.807) is 0 Å². The smallest absolute Gasteiger partial charge is 0.106 e. The van der Waals surface area contributed by atoms with Crippen LogP contribution in [0.3, 0.4) is 0 Å². The maximum Gasteiger partial charge on any atom is 0.106 e. The summed E-state index contributed by atoms with van der Waals surface area (Å²) in [4.78, 5) is 0. The molecule has 0 bridgehead atoms. The molecule has 1 heterocycles. The van der Waals surface area contributed by atoms with Gasteiger partial charge < -0.3 is 4.74 Å². The lowest BCUT2D eigenvalue weighted by Crippen LogP contribution is -1.96. The summed E-state index contributed by atoms with van der Waals surface area (Å²) in [7, 11) is 0. The average Bonchev–Trinajstić information content (AvgIpc) is 2.30. The molecule has 0 aromatic heterocycles. The van der Waals surface area contributed by atoms with E-state index in [0.717, 1.165) is 18.4 Å². The fraction of sp³-hybridized carbons (Fsp3) is 0.667. The number of epoxide rings is 1. The Labute approximate surface area is 42.0 Å². The molecule has 2 saturated carbocycles. The normalized spacial score (nSPS) is 70.6. The standard InChI is InChI=1S/C6H6O/c1-3-4-5(3)6(4)2-7-6/h4-5H,1-2H2. The third-order valence-electron chi connectivity index (χ3n) is 2.44. The number of hydrogen-bond donors (Lipinski definition) is 0. The molecule has 1 nitrogen and oxygen atoms in total. The highest BCUT2D eigenvalue weighted by Gasteiger charge is 2.88. The quantitative estimate of drug-likeness (QED) is 0.316. The van der Waals surface area contributed by atoms with Gasteiger partial charge in [0.25, 0.3) is 0 Å². The maximum atomic E-state index is 5.18. The molecule has 1 spiro atoms. The van der Waals surface area contributed by atoms with Crippen molar-refractivity contribution in [2.75, 3.05) is 6.61 Å². The fourth-order valence-electron chi connectivity index (χ4n) is 1.71. The van der Waals surface area contributed by atoms with Crippen molar-refractivity contribution in [1.82, 2.24) is 0 Å². The van der Waals surface area contributed by atoms with Crippen LogP contribution in [0.5, 0.6) is 0 Å². The molecule has 2 unspecified atom stereocenters. The topological polar surface area (TPSA) is 12.5 Å². The van der Waals surface area contributed by atoms with Gasteiger partial charge in [0, 0.05) is 11.8 Å². The van der Waals surface area contributed by atoms with Gasteiger partial charge in [0.15, 0.2) is 0 Å². The predicted molar refractivity (Wildman–Crippen MR) is 24.8 cm³/mol. The summed E-state index contributed by atoms with van der Waals surface area (Å²) < 4.78 is 5.18. The highest BCUT2D eigenvalue weighted by Crippen LogP contribution is 2.82. The van der Waals surface area contributed by atoms with Crippen molar-refractivity contribution in [1.29, 1.82) is 0 Å². The van der Waals surface area contributed by atoms with Crippen LogP contribution in [-0.2, 0) is 4.74 Å². The summed E-state index contributed by atoms with van der Waals surface area (Å²) in [6.07, 6.45) is 0. The van der Waals surface area contributed by atoms with Crippen LogP contribution in [0.25, 0.3) is 0 Å². The molecule has 2 aliphatic carbocycles. The number of fused-ring (bicyclic) bond motifs is 3. The van der Waals surface area contributed by atoms with E-state index in [2.05, 4.69) is 6.58 Å². The largest absolute Gasteiger partial charge is 0.368 e. The Morgan fingerprint density at radius 1 is 1.71 bits per heavy atom. The highest BCUT2D eigenvalue weighted by atomic mass is 16.6. The first-order valence-corrected chi connectivity index (χ1v) is 2.69. The second kappa shape index (κ2) is 0.451. The SMILES string of the molecule is C=C1C2C1C21CO1. The van der Waals surface area contributed by atoms with Gasteiger partial charge in [0.2, 0.25) is 0 Å². The zero-order valence-electron chi connectivity index (χ0n) is 3.98. The molecule has 2 atom stereocenters. The van der Waals surface area contributed by atoms with Crippen LogP contribution >= 0.6 is 0 Å². The Balaban J connectivity index is 2.08. The average molecular weight is 94.1 g/mol. The molecule has 7 heavy (non-hydrogen) atoms. The summed E-state index contributed by atoms with van der Waals surface area (Å²) in [6, 6.07) is 0. The molecular formula is C6H6O. The van der Waals surface area contributed by atoms with E-state index in [9.17, 15) is 0 Å². The Morgan fingerprint density at radius 2 is 2.29 bits per heavy atom. The van der Waals surface area contributed by atoms with E-state index < -0.39 is 0 Å². The van der Waals surface area contributed by atoms with Crippen LogP contribution in [0, 0.1) is 11.8 Å². The minimum absolute atomic E-state index is 0.428. The van der Waals surface area contributed by atoms with Gasteiger partial charge in [-0.2, -0.15) is 0 Å². The number of ether oxygens (including phenoxy) is 1. The maximum absolute atomic E-state index is 5.18. The lowest BCUT2D eigenvalue weighted by atomic mass is 10.2. The Kier molecular flexibility index (Phi) is 0.185. The summed E-state index contributed by atoms with van der Waals surface area (Å²) in [5, 5.41) is 0. The van der Waals surface area contributed by atoms with Crippen LogP contribution in [0.15, 0.2) is 12.2 Å². The van der Waals surface area contributed by atoms with Crippen LogP contribution in [0.2, 0.25) is 0 Å². The molecule has 0 amide bonds. The Hall–Kier alpha value is -0.300. The van der Waals surface area contributed by atoms with E-state index >= 15 is 0 Å². The van der Waals surface area contributed by atoms with Gasteiger partial charge >= 0.3 is 0 Å². The summed E-state index contributed by atoms with van der Waals surface area (Å²) in [5.41, 5.74) is 1.87. The third kappa shape index (κ3) is 0.128. The van der Waals surface area contributed by atoms with Crippen molar-refractivity contribution < 1.29 is 4.74 Å². The lowest BCUT2D eigenvalue weighted by Gasteiger charge is -1.88. The second-order valence-corrected chi connectivity index (χ2v) is 2.77. The first kappa shape index (κ1) is 2.88. The minimum atomic E-state index is 0.428. The first-order valence-electron chi connectivity index (χ1n) is 2.69. The second-order valence-electron chi connectivity index (χ2n) is 2.77. The highest BCUT2D eigenvalue weighted by molar-refractivity contribution is 5.55. The van der Waals surface area contributed by atoms with Crippen molar-refractivity contribution in [2.45, 2.75) is 5.60 Å². The van der Waals surface area contributed by atoms with Gasteiger partial charge in [-0.3, -0.25) is 0 Å². The molecule has 3 rings (SSSR count). The molecule has 3 fully saturated rings. The summed E-state index contributed by atoms with van der Waals surface area (Å²) in [6.45, 7) is 4.88. The van der Waals surface area contributed by atoms with Crippen molar-refractivity contribution in [3.05, 3.63) is 12.2 Å². The summed E-state index contributed by atoms with van der Waals surface area (Å²) in [5.74, 6) is 1.65. The van der Waals surface area contributed by atoms with E-state index in [-0.39, 0.29) is 0 Å². The molecule has 1 saturated heterocycles. The van der Waals surface area contributed by atoms with Gasteiger partial charge in [0.1, 0.15) is 5.60 Å². The molecule has 0 N–H and O–H groups in total. The zero-order valence-corrected chi connectivity index (χ0v) is 3.98. The zero-order chi connectivity index (χ0) is 4.65. The fourth-order valence-corrected chi connectivity index (χ4v) is 1.71. The van der Waals surface area contributed by atoms with E-state index in [4.69, 9.17) is 4.74 Å². The van der Waals surface area contributed by atoms with Gasteiger partial charge in [-0.1, -0.05) is 12.2 Å². The van der Waals surface area contributed by atoms with Gasteiger partial charge in [-0.25, -0.2) is 0 Å². The Morgan fingerprint density at radius 3 is 2.43 bits per heavy atom. The molecule has 0 aromatic carbocycles. The molecule has 1 aliphatic heterocycles.